The van der Waals surface area contributed by atoms with Gasteiger partial charge in [0.15, 0.2) is 5.69 Å². The van der Waals surface area contributed by atoms with Crippen molar-refractivity contribution >= 4 is 5.91 Å². The summed E-state index contributed by atoms with van der Waals surface area (Å²) in [6, 6.07) is 0.117. The van der Waals surface area contributed by atoms with Crippen LogP contribution in [0.5, 0.6) is 5.88 Å². The largest absolute Gasteiger partial charge is 0.478 e. The zero-order valence-electron chi connectivity index (χ0n) is 9.91. The Kier molecular flexibility index (Phi) is 2.85. The predicted molar refractivity (Wildman–Crippen MR) is 59.7 cm³/mol. The molecule has 1 aromatic rings. The van der Waals surface area contributed by atoms with Crippen LogP contribution < -0.4 is 10.1 Å². The second kappa shape index (κ2) is 4.15. The molecule has 0 spiro atoms. The molecule has 0 saturated carbocycles. The van der Waals surface area contributed by atoms with E-state index in [0.29, 0.717) is 12.3 Å². The van der Waals surface area contributed by atoms with Gasteiger partial charge in [0.25, 0.3) is 5.91 Å². The zero-order chi connectivity index (χ0) is 11.7. The van der Waals surface area contributed by atoms with E-state index in [-0.39, 0.29) is 11.9 Å². The molecule has 1 N–H and O–H groups in total. The molecule has 5 heteroatoms. The highest BCUT2D eigenvalue weighted by atomic mass is 16.5. The molecule has 1 amide bonds. The summed E-state index contributed by atoms with van der Waals surface area (Å²) in [7, 11) is 0. The maximum atomic E-state index is 11.9. The molecule has 5 nitrogen and oxygen atoms in total. The Morgan fingerprint density at radius 1 is 1.56 bits per heavy atom. The van der Waals surface area contributed by atoms with Crippen molar-refractivity contribution in [2.75, 3.05) is 6.61 Å². The summed E-state index contributed by atoms with van der Waals surface area (Å²) < 4.78 is 7.28. The van der Waals surface area contributed by atoms with Crippen molar-refractivity contribution in [3.8, 4) is 5.88 Å². The van der Waals surface area contributed by atoms with Gasteiger partial charge in [-0.05, 0) is 20.8 Å². The highest BCUT2D eigenvalue weighted by Crippen LogP contribution is 2.24. The average Bonchev–Trinajstić information content (AvgIpc) is 2.56. The lowest BCUT2D eigenvalue weighted by atomic mass is 10.2. The number of nitrogens with zero attached hydrogens (tertiary/aromatic N) is 2. The van der Waals surface area contributed by atoms with E-state index in [2.05, 4.69) is 10.4 Å². The van der Waals surface area contributed by atoms with Crippen molar-refractivity contribution in [3.63, 3.8) is 0 Å². The maximum Gasteiger partial charge on any atom is 0.272 e. The van der Waals surface area contributed by atoms with Crippen LogP contribution in [0.15, 0.2) is 0 Å². The number of amides is 1. The predicted octanol–water partition coefficient (Wildman–Crippen LogP) is 1.11. The van der Waals surface area contributed by atoms with Gasteiger partial charge in [-0.25, -0.2) is 4.68 Å². The number of rotatable bonds is 2. The van der Waals surface area contributed by atoms with E-state index < -0.39 is 0 Å². The van der Waals surface area contributed by atoms with Gasteiger partial charge in [0, 0.05) is 24.6 Å². The number of fused-ring (bicyclic) bond motifs is 1. The summed E-state index contributed by atoms with van der Waals surface area (Å²) in [5, 5.41) is 7.12. The van der Waals surface area contributed by atoms with E-state index in [4.69, 9.17) is 4.74 Å². The van der Waals surface area contributed by atoms with E-state index in [1.165, 1.54) is 0 Å². The van der Waals surface area contributed by atoms with Gasteiger partial charge < -0.3 is 10.1 Å². The van der Waals surface area contributed by atoms with Crippen molar-refractivity contribution in [1.82, 2.24) is 15.1 Å². The Labute approximate surface area is 94.8 Å². The first-order valence-electron chi connectivity index (χ1n) is 5.60. The van der Waals surface area contributed by atoms with Gasteiger partial charge in [0.05, 0.1) is 6.61 Å². The third kappa shape index (κ3) is 1.89. The highest BCUT2D eigenvalue weighted by molar-refractivity contribution is 5.94. The Hall–Kier alpha value is -1.52. The molecule has 2 rings (SSSR count). The number of aryl methyl sites for hydroxylation is 1. The minimum absolute atomic E-state index is 0.117. The molecule has 1 aromatic heterocycles. The molecular weight excluding hydrogens is 206 g/mol. The number of hydrogen-bond donors (Lipinski definition) is 1. The fraction of sp³-hybridized carbons (Fsp3) is 0.636. The summed E-state index contributed by atoms with van der Waals surface area (Å²) in [4.78, 5) is 11.9. The van der Waals surface area contributed by atoms with E-state index in [9.17, 15) is 4.79 Å². The number of ether oxygens (including phenoxy) is 1. The van der Waals surface area contributed by atoms with Crippen LogP contribution >= 0.6 is 0 Å². The van der Waals surface area contributed by atoms with Crippen LogP contribution in [-0.2, 0) is 6.54 Å². The lowest BCUT2D eigenvalue weighted by molar-refractivity contribution is 0.0936. The van der Waals surface area contributed by atoms with Crippen LogP contribution in [0.3, 0.4) is 0 Å². The number of hydrogen-bond acceptors (Lipinski definition) is 3. The summed E-state index contributed by atoms with van der Waals surface area (Å²) in [6.07, 6.45) is 0.944. The first kappa shape index (κ1) is 11.0. The Morgan fingerprint density at radius 2 is 2.31 bits per heavy atom. The maximum absolute atomic E-state index is 11.9. The van der Waals surface area contributed by atoms with Gasteiger partial charge in [0.2, 0.25) is 5.88 Å². The van der Waals surface area contributed by atoms with Gasteiger partial charge in [-0.15, -0.1) is 0 Å². The molecule has 0 unspecified atom stereocenters. The van der Waals surface area contributed by atoms with Crippen molar-refractivity contribution in [2.45, 2.75) is 39.8 Å². The van der Waals surface area contributed by atoms with Crippen LogP contribution in [0.4, 0.5) is 0 Å². The molecule has 0 fully saturated rings. The summed E-state index contributed by atoms with van der Waals surface area (Å²) in [5.41, 5.74) is 1.31. The standard InChI is InChI=1S/C11H17N3O2/c1-7(2)12-10(15)9-8(3)11-14(13-9)5-4-6-16-11/h7H,4-6H2,1-3H3,(H,12,15). The normalized spacial score (nSPS) is 14.5. The molecule has 0 radical (unpaired) electrons. The molecule has 0 aromatic carbocycles. The van der Waals surface area contributed by atoms with Gasteiger partial charge in [-0.3, -0.25) is 4.79 Å². The molecule has 0 aliphatic carbocycles. The minimum atomic E-state index is -0.127. The number of carbonyl (C=O) groups excluding carboxylic acids is 1. The van der Waals surface area contributed by atoms with Crippen molar-refractivity contribution in [3.05, 3.63) is 11.3 Å². The van der Waals surface area contributed by atoms with Crippen molar-refractivity contribution < 1.29 is 9.53 Å². The van der Waals surface area contributed by atoms with Gasteiger partial charge in [-0.2, -0.15) is 5.10 Å². The molecule has 0 atom stereocenters. The average molecular weight is 223 g/mol. The molecule has 1 aliphatic rings. The zero-order valence-corrected chi connectivity index (χ0v) is 9.91. The topological polar surface area (TPSA) is 56.2 Å². The number of nitrogens with one attached hydrogen (secondary N) is 1. The van der Waals surface area contributed by atoms with Crippen LogP contribution in [0.2, 0.25) is 0 Å². The van der Waals surface area contributed by atoms with E-state index in [0.717, 1.165) is 24.4 Å². The Bertz CT molecular complexity index is 410. The van der Waals surface area contributed by atoms with Crippen molar-refractivity contribution in [2.24, 2.45) is 0 Å². The van der Waals surface area contributed by atoms with E-state index in [1.807, 2.05) is 20.8 Å². The number of carbonyl (C=O) groups is 1. The summed E-state index contributed by atoms with van der Waals surface area (Å²) >= 11 is 0. The Balaban J connectivity index is 2.28. The molecule has 0 saturated heterocycles. The van der Waals surface area contributed by atoms with Gasteiger partial charge in [0.1, 0.15) is 0 Å². The molecule has 88 valence electrons. The molecule has 0 bridgehead atoms. The molecule has 16 heavy (non-hydrogen) atoms. The number of aromatic nitrogens is 2. The Morgan fingerprint density at radius 3 is 2.94 bits per heavy atom. The first-order chi connectivity index (χ1) is 7.59. The van der Waals surface area contributed by atoms with Crippen LogP contribution in [0.1, 0.15) is 36.3 Å². The summed E-state index contributed by atoms with van der Waals surface area (Å²) in [6.45, 7) is 7.27. The lowest BCUT2D eigenvalue weighted by Gasteiger charge is -2.14. The first-order valence-corrected chi connectivity index (χ1v) is 5.60. The second-order valence-corrected chi connectivity index (χ2v) is 4.33. The SMILES string of the molecule is Cc1c(C(=O)NC(C)C)nn2c1OCCC2. The second-order valence-electron chi connectivity index (χ2n) is 4.33. The van der Waals surface area contributed by atoms with Gasteiger partial charge >= 0.3 is 0 Å². The van der Waals surface area contributed by atoms with E-state index >= 15 is 0 Å². The molecule has 2 heterocycles. The third-order valence-corrected chi connectivity index (χ3v) is 2.52. The third-order valence-electron chi connectivity index (χ3n) is 2.52. The molecular formula is C11H17N3O2. The lowest BCUT2D eigenvalue weighted by Crippen LogP contribution is -2.31. The molecule has 1 aliphatic heterocycles. The van der Waals surface area contributed by atoms with Crippen LogP contribution in [0.25, 0.3) is 0 Å². The van der Waals surface area contributed by atoms with Crippen LogP contribution in [-0.4, -0.2) is 28.3 Å². The quantitative estimate of drug-likeness (QED) is 0.817. The monoisotopic (exact) mass is 223 g/mol. The van der Waals surface area contributed by atoms with Crippen LogP contribution in [0, 0.1) is 6.92 Å². The fourth-order valence-corrected chi connectivity index (χ4v) is 1.80. The van der Waals surface area contributed by atoms with Crippen molar-refractivity contribution in [1.29, 1.82) is 0 Å². The van der Waals surface area contributed by atoms with Gasteiger partial charge in [-0.1, -0.05) is 0 Å². The minimum Gasteiger partial charge on any atom is -0.478 e. The van der Waals surface area contributed by atoms with E-state index in [1.54, 1.807) is 4.68 Å². The smallest absolute Gasteiger partial charge is 0.272 e. The fourth-order valence-electron chi connectivity index (χ4n) is 1.80. The highest BCUT2D eigenvalue weighted by Gasteiger charge is 2.23. The summed E-state index contributed by atoms with van der Waals surface area (Å²) in [5.74, 6) is 0.609.